The van der Waals surface area contributed by atoms with Crippen molar-refractivity contribution < 1.29 is 0 Å². The van der Waals surface area contributed by atoms with Crippen LogP contribution in [0.5, 0.6) is 0 Å². The number of nitrogens with zero attached hydrogens (tertiary/aromatic N) is 1. The van der Waals surface area contributed by atoms with Crippen LogP contribution < -0.4 is 10.2 Å². The van der Waals surface area contributed by atoms with E-state index in [2.05, 4.69) is 56.1 Å². The summed E-state index contributed by atoms with van der Waals surface area (Å²) in [6.07, 6.45) is 5.14. The Balaban J connectivity index is 2.08. The number of anilines is 1. The topological polar surface area (TPSA) is 15.3 Å². The van der Waals surface area contributed by atoms with Crippen LogP contribution in [0.3, 0.4) is 0 Å². The van der Waals surface area contributed by atoms with E-state index in [1.165, 1.54) is 55.6 Å². The number of piperidine rings is 1. The van der Waals surface area contributed by atoms with Gasteiger partial charge in [0.15, 0.2) is 0 Å². The molecular formula is C19H32N2. The molecule has 2 heteroatoms. The molecule has 0 atom stereocenters. The van der Waals surface area contributed by atoms with Crippen molar-refractivity contribution in [2.24, 2.45) is 5.41 Å². The van der Waals surface area contributed by atoms with E-state index >= 15 is 0 Å². The molecule has 1 aromatic rings. The van der Waals surface area contributed by atoms with Crippen molar-refractivity contribution in [3.63, 3.8) is 0 Å². The van der Waals surface area contributed by atoms with Gasteiger partial charge in [-0.3, -0.25) is 0 Å². The highest BCUT2D eigenvalue weighted by atomic mass is 15.1. The van der Waals surface area contributed by atoms with Crippen LogP contribution in [-0.2, 0) is 6.54 Å². The molecule has 1 aliphatic rings. The third-order valence-electron chi connectivity index (χ3n) is 5.14. The second-order valence-electron chi connectivity index (χ2n) is 6.96. The summed E-state index contributed by atoms with van der Waals surface area (Å²) < 4.78 is 0. The van der Waals surface area contributed by atoms with Crippen LogP contribution in [0.15, 0.2) is 18.2 Å². The highest BCUT2D eigenvalue weighted by Gasteiger charge is 2.28. The van der Waals surface area contributed by atoms with Gasteiger partial charge in [-0.2, -0.15) is 0 Å². The van der Waals surface area contributed by atoms with Crippen LogP contribution >= 0.6 is 0 Å². The third-order valence-corrected chi connectivity index (χ3v) is 5.14. The van der Waals surface area contributed by atoms with Crippen LogP contribution in [0.25, 0.3) is 0 Å². The van der Waals surface area contributed by atoms with Gasteiger partial charge in [-0.15, -0.1) is 0 Å². The number of benzene rings is 1. The minimum absolute atomic E-state index is 0.557. The Kier molecular flexibility index (Phi) is 5.69. The average Bonchev–Trinajstić information content (AvgIpc) is 2.49. The van der Waals surface area contributed by atoms with Crippen molar-refractivity contribution >= 4 is 5.69 Å². The number of aryl methyl sites for hydroxylation is 1. The maximum Gasteiger partial charge on any atom is 0.0412 e. The highest BCUT2D eigenvalue weighted by molar-refractivity contribution is 5.55. The number of nitrogens with one attached hydrogen (secondary N) is 1. The monoisotopic (exact) mass is 288 g/mol. The standard InChI is InChI=1S/C19H32N2/c1-5-11-20-15-17-14-16(3)7-8-18(17)21-12-9-19(4,6-2)10-13-21/h7-8,14,20H,5-6,9-13,15H2,1-4H3. The highest BCUT2D eigenvalue weighted by Crippen LogP contribution is 2.36. The van der Waals surface area contributed by atoms with Gasteiger partial charge in [-0.05, 0) is 49.8 Å². The lowest BCUT2D eigenvalue weighted by atomic mass is 9.78. The first-order valence-electron chi connectivity index (χ1n) is 8.63. The number of hydrogen-bond donors (Lipinski definition) is 1. The molecule has 1 saturated heterocycles. The second-order valence-corrected chi connectivity index (χ2v) is 6.96. The van der Waals surface area contributed by atoms with E-state index in [-0.39, 0.29) is 0 Å². The van der Waals surface area contributed by atoms with Crippen molar-refractivity contribution in [1.82, 2.24) is 5.32 Å². The van der Waals surface area contributed by atoms with Gasteiger partial charge in [-0.25, -0.2) is 0 Å². The first kappa shape index (κ1) is 16.4. The van der Waals surface area contributed by atoms with E-state index in [1.54, 1.807) is 0 Å². The normalized spacial score (nSPS) is 18.0. The zero-order valence-corrected chi connectivity index (χ0v) is 14.3. The van der Waals surface area contributed by atoms with Crippen molar-refractivity contribution in [3.8, 4) is 0 Å². The summed E-state index contributed by atoms with van der Waals surface area (Å²) in [5, 5.41) is 3.56. The van der Waals surface area contributed by atoms with Crippen LogP contribution in [0, 0.1) is 12.3 Å². The molecule has 118 valence electrons. The Hall–Kier alpha value is -1.02. The van der Waals surface area contributed by atoms with Gasteiger partial charge in [0.2, 0.25) is 0 Å². The van der Waals surface area contributed by atoms with Crippen molar-refractivity contribution in [2.45, 2.75) is 59.9 Å². The number of rotatable bonds is 6. The molecule has 0 unspecified atom stereocenters. The average molecular weight is 288 g/mol. The van der Waals surface area contributed by atoms with Crippen LogP contribution in [0.4, 0.5) is 5.69 Å². The molecule has 1 fully saturated rings. The second kappa shape index (κ2) is 7.31. The fraction of sp³-hybridized carbons (Fsp3) is 0.684. The predicted molar refractivity (Wildman–Crippen MR) is 93.0 cm³/mol. The van der Waals surface area contributed by atoms with Gasteiger partial charge >= 0.3 is 0 Å². The molecule has 0 radical (unpaired) electrons. The Morgan fingerprint density at radius 2 is 1.90 bits per heavy atom. The molecule has 1 N–H and O–H groups in total. The molecular weight excluding hydrogens is 256 g/mol. The molecule has 1 aromatic carbocycles. The lowest BCUT2D eigenvalue weighted by Crippen LogP contribution is -2.39. The summed E-state index contributed by atoms with van der Waals surface area (Å²) >= 11 is 0. The predicted octanol–water partition coefficient (Wildman–Crippen LogP) is 4.51. The smallest absolute Gasteiger partial charge is 0.0412 e. The fourth-order valence-electron chi connectivity index (χ4n) is 3.21. The lowest BCUT2D eigenvalue weighted by Gasteiger charge is -2.40. The lowest BCUT2D eigenvalue weighted by molar-refractivity contribution is 0.238. The molecule has 2 rings (SSSR count). The molecule has 0 aliphatic carbocycles. The fourth-order valence-corrected chi connectivity index (χ4v) is 3.21. The first-order chi connectivity index (χ1) is 10.1. The molecule has 0 bridgehead atoms. The SMILES string of the molecule is CCCNCc1cc(C)ccc1N1CCC(C)(CC)CC1. The summed E-state index contributed by atoms with van der Waals surface area (Å²) in [6, 6.07) is 6.94. The zero-order chi connectivity index (χ0) is 15.3. The maximum atomic E-state index is 3.56. The van der Waals surface area contributed by atoms with Gasteiger partial charge in [0.25, 0.3) is 0 Å². The number of hydrogen-bond acceptors (Lipinski definition) is 2. The van der Waals surface area contributed by atoms with E-state index < -0.39 is 0 Å². The van der Waals surface area contributed by atoms with Gasteiger partial charge < -0.3 is 10.2 Å². The van der Waals surface area contributed by atoms with Crippen LogP contribution in [-0.4, -0.2) is 19.6 Å². The Morgan fingerprint density at radius 1 is 1.19 bits per heavy atom. The molecule has 0 amide bonds. The molecule has 1 heterocycles. The van der Waals surface area contributed by atoms with Crippen molar-refractivity contribution in [1.29, 1.82) is 0 Å². The van der Waals surface area contributed by atoms with E-state index in [9.17, 15) is 0 Å². The zero-order valence-electron chi connectivity index (χ0n) is 14.3. The van der Waals surface area contributed by atoms with E-state index in [4.69, 9.17) is 0 Å². The summed E-state index contributed by atoms with van der Waals surface area (Å²) in [7, 11) is 0. The minimum atomic E-state index is 0.557. The van der Waals surface area contributed by atoms with E-state index in [0.29, 0.717) is 5.41 Å². The molecule has 0 spiro atoms. The third kappa shape index (κ3) is 4.23. The van der Waals surface area contributed by atoms with Crippen molar-refractivity contribution in [2.75, 3.05) is 24.5 Å². The summed E-state index contributed by atoms with van der Waals surface area (Å²) in [5.41, 5.74) is 4.83. The molecule has 21 heavy (non-hydrogen) atoms. The minimum Gasteiger partial charge on any atom is -0.371 e. The molecule has 0 saturated carbocycles. The van der Waals surface area contributed by atoms with Gasteiger partial charge in [0.05, 0.1) is 0 Å². The van der Waals surface area contributed by atoms with E-state index in [1.807, 2.05) is 0 Å². The van der Waals surface area contributed by atoms with Gasteiger partial charge in [0.1, 0.15) is 0 Å². The quantitative estimate of drug-likeness (QED) is 0.775. The van der Waals surface area contributed by atoms with E-state index in [0.717, 1.165) is 13.1 Å². The summed E-state index contributed by atoms with van der Waals surface area (Å²) in [5.74, 6) is 0. The Labute approximate surface area is 130 Å². The summed E-state index contributed by atoms with van der Waals surface area (Å²) in [6.45, 7) is 13.7. The largest absolute Gasteiger partial charge is 0.371 e. The summed E-state index contributed by atoms with van der Waals surface area (Å²) in [4.78, 5) is 2.60. The van der Waals surface area contributed by atoms with Gasteiger partial charge in [-0.1, -0.05) is 44.9 Å². The molecule has 1 aliphatic heterocycles. The molecule has 2 nitrogen and oxygen atoms in total. The van der Waals surface area contributed by atoms with Gasteiger partial charge in [0, 0.05) is 25.3 Å². The first-order valence-corrected chi connectivity index (χ1v) is 8.63. The van der Waals surface area contributed by atoms with Crippen molar-refractivity contribution in [3.05, 3.63) is 29.3 Å². The Bertz CT molecular complexity index is 445. The Morgan fingerprint density at radius 3 is 2.52 bits per heavy atom. The maximum absolute atomic E-state index is 3.56. The van der Waals surface area contributed by atoms with Crippen LogP contribution in [0.2, 0.25) is 0 Å². The molecule has 0 aromatic heterocycles. The van der Waals surface area contributed by atoms with Crippen LogP contribution in [0.1, 0.15) is 57.6 Å².